The molecule has 0 spiro atoms. The average molecular weight is 441 g/mol. The van der Waals surface area contributed by atoms with Gasteiger partial charge in [-0.05, 0) is 50.7 Å². The van der Waals surface area contributed by atoms with Crippen molar-refractivity contribution in [3.63, 3.8) is 0 Å². The van der Waals surface area contributed by atoms with Gasteiger partial charge in [-0.25, -0.2) is 18.4 Å². The summed E-state index contributed by atoms with van der Waals surface area (Å²) in [5, 5.41) is 3.68. The second-order valence-corrected chi connectivity index (χ2v) is 10.5. The molecule has 8 heteroatoms. The highest BCUT2D eigenvalue weighted by Crippen LogP contribution is 2.36. The van der Waals surface area contributed by atoms with Crippen LogP contribution in [0.15, 0.2) is 48.1 Å². The number of carbonyl (C=O) groups is 1. The summed E-state index contributed by atoms with van der Waals surface area (Å²) in [6.45, 7) is 4.77. The molecule has 2 atom stereocenters. The summed E-state index contributed by atoms with van der Waals surface area (Å²) in [6.07, 6.45) is 8.48. The quantitative estimate of drug-likeness (QED) is 0.710. The van der Waals surface area contributed by atoms with E-state index in [4.69, 9.17) is 0 Å². The number of aryl methyl sites for hydroxylation is 1. The molecule has 4 rings (SSSR count). The van der Waals surface area contributed by atoms with Crippen molar-refractivity contribution in [2.45, 2.75) is 56.9 Å². The molecule has 2 fully saturated rings. The highest BCUT2D eigenvalue weighted by Gasteiger charge is 2.33. The summed E-state index contributed by atoms with van der Waals surface area (Å²) in [6, 6.07) is 8.25. The zero-order valence-corrected chi connectivity index (χ0v) is 18.7. The molecular weight excluding hydrogens is 412 g/mol. The fourth-order valence-electron chi connectivity index (χ4n) is 4.00. The third kappa shape index (κ3) is 4.95. The van der Waals surface area contributed by atoms with Gasteiger partial charge in [-0.1, -0.05) is 30.3 Å². The number of anilines is 1. The van der Waals surface area contributed by atoms with Crippen molar-refractivity contribution in [3.05, 3.63) is 65.1 Å². The van der Waals surface area contributed by atoms with Crippen molar-refractivity contribution < 1.29 is 13.2 Å². The lowest BCUT2D eigenvalue weighted by Crippen LogP contribution is -2.32. The van der Waals surface area contributed by atoms with Gasteiger partial charge in [-0.2, -0.15) is 0 Å². The standard InChI is InChI=1S/C23H28N4O3S/c1-16-6-3-4-7-20(16)21-8-5-12-27(21)18-14-24-22(25-15-18)23(28)26-17(2)11-13-31(29,30)19-9-10-19/h3-4,6-7,11,13-15,17,19,21H,5,8-10,12H2,1-2H3,(H,26,28)/b13-11+/t17-,21+/m1/s1. The van der Waals surface area contributed by atoms with Crippen LogP contribution >= 0.6 is 0 Å². The smallest absolute Gasteiger partial charge is 0.289 e. The normalized spacial score (nSPS) is 20.2. The number of hydrogen-bond donors (Lipinski definition) is 1. The molecule has 1 saturated heterocycles. The maximum Gasteiger partial charge on any atom is 0.289 e. The predicted molar refractivity (Wildman–Crippen MR) is 121 cm³/mol. The Hall–Kier alpha value is -2.74. The average Bonchev–Trinajstić information content (AvgIpc) is 3.52. The van der Waals surface area contributed by atoms with E-state index in [1.54, 1.807) is 19.3 Å². The van der Waals surface area contributed by atoms with E-state index in [2.05, 4.69) is 45.3 Å². The predicted octanol–water partition coefficient (Wildman–Crippen LogP) is 3.34. The first-order valence-corrected chi connectivity index (χ1v) is 12.3. The van der Waals surface area contributed by atoms with E-state index in [-0.39, 0.29) is 17.1 Å². The van der Waals surface area contributed by atoms with Crippen LogP contribution in [0.4, 0.5) is 5.69 Å². The fraction of sp³-hybridized carbons (Fsp3) is 0.435. The van der Waals surface area contributed by atoms with Gasteiger partial charge in [0, 0.05) is 18.0 Å². The van der Waals surface area contributed by atoms with Gasteiger partial charge in [0.15, 0.2) is 9.84 Å². The molecule has 2 heterocycles. The summed E-state index contributed by atoms with van der Waals surface area (Å²) >= 11 is 0. The Morgan fingerprint density at radius 1 is 1.19 bits per heavy atom. The summed E-state index contributed by atoms with van der Waals surface area (Å²) in [4.78, 5) is 23.3. The fourth-order valence-corrected chi connectivity index (χ4v) is 5.47. The molecule has 1 aliphatic carbocycles. The molecule has 31 heavy (non-hydrogen) atoms. The van der Waals surface area contributed by atoms with Crippen molar-refractivity contribution in [1.82, 2.24) is 15.3 Å². The summed E-state index contributed by atoms with van der Waals surface area (Å²) in [7, 11) is -3.20. The van der Waals surface area contributed by atoms with Crippen LogP contribution in [0.5, 0.6) is 0 Å². The zero-order chi connectivity index (χ0) is 22.0. The van der Waals surface area contributed by atoms with E-state index in [1.165, 1.54) is 22.6 Å². The molecule has 0 bridgehead atoms. The largest absolute Gasteiger partial charge is 0.362 e. The Labute approximate surface area is 183 Å². The summed E-state index contributed by atoms with van der Waals surface area (Å²) in [5.74, 6) is -0.356. The third-order valence-corrected chi connectivity index (χ3v) is 7.82. The Kier molecular flexibility index (Phi) is 6.09. The van der Waals surface area contributed by atoms with Crippen LogP contribution in [0.25, 0.3) is 0 Å². The van der Waals surface area contributed by atoms with Crippen LogP contribution in [-0.4, -0.2) is 42.1 Å². The molecule has 1 aliphatic heterocycles. The number of benzene rings is 1. The molecule has 1 N–H and O–H groups in total. The van der Waals surface area contributed by atoms with Crippen LogP contribution in [0.2, 0.25) is 0 Å². The lowest BCUT2D eigenvalue weighted by Gasteiger charge is -2.27. The van der Waals surface area contributed by atoms with Crippen LogP contribution in [0.1, 0.15) is 60.4 Å². The first kappa shape index (κ1) is 21.5. The van der Waals surface area contributed by atoms with Crippen molar-refractivity contribution in [2.24, 2.45) is 0 Å². The molecule has 0 unspecified atom stereocenters. The SMILES string of the molecule is Cc1ccccc1[C@@H]1CCCN1c1cnc(C(=O)N[C@H](C)/C=C/S(=O)(=O)C2CC2)nc1. The van der Waals surface area contributed by atoms with Gasteiger partial charge in [-0.15, -0.1) is 0 Å². The van der Waals surface area contributed by atoms with E-state index in [1.807, 2.05) is 6.07 Å². The highest BCUT2D eigenvalue weighted by atomic mass is 32.2. The van der Waals surface area contributed by atoms with Gasteiger partial charge < -0.3 is 10.2 Å². The number of aromatic nitrogens is 2. The van der Waals surface area contributed by atoms with Crippen molar-refractivity contribution >= 4 is 21.4 Å². The van der Waals surface area contributed by atoms with Gasteiger partial charge in [0.05, 0.1) is 29.4 Å². The second kappa shape index (κ2) is 8.78. The maximum absolute atomic E-state index is 12.5. The van der Waals surface area contributed by atoms with Gasteiger partial charge >= 0.3 is 0 Å². The molecule has 2 aliphatic rings. The monoisotopic (exact) mass is 440 g/mol. The Morgan fingerprint density at radius 2 is 1.90 bits per heavy atom. The third-order valence-electron chi connectivity index (χ3n) is 5.88. The minimum absolute atomic E-state index is 0.0701. The number of hydrogen-bond acceptors (Lipinski definition) is 6. The lowest BCUT2D eigenvalue weighted by atomic mass is 9.99. The summed E-state index contributed by atoms with van der Waals surface area (Å²) in [5.41, 5.74) is 3.47. The van der Waals surface area contributed by atoms with E-state index < -0.39 is 21.8 Å². The molecule has 0 radical (unpaired) electrons. The van der Waals surface area contributed by atoms with Crippen molar-refractivity contribution in [1.29, 1.82) is 0 Å². The molecule has 1 saturated carbocycles. The Bertz CT molecular complexity index is 1080. The number of rotatable bonds is 7. The van der Waals surface area contributed by atoms with Gasteiger partial charge in [0.1, 0.15) is 0 Å². The molecule has 164 valence electrons. The minimum atomic E-state index is -3.20. The Morgan fingerprint density at radius 3 is 2.58 bits per heavy atom. The van der Waals surface area contributed by atoms with E-state index in [0.29, 0.717) is 0 Å². The molecular formula is C23H28N4O3S. The number of nitrogens with one attached hydrogen (secondary N) is 1. The first-order chi connectivity index (χ1) is 14.8. The molecule has 7 nitrogen and oxygen atoms in total. The van der Waals surface area contributed by atoms with Crippen LogP contribution in [0, 0.1) is 6.92 Å². The van der Waals surface area contributed by atoms with E-state index in [9.17, 15) is 13.2 Å². The van der Waals surface area contributed by atoms with E-state index >= 15 is 0 Å². The number of carbonyl (C=O) groups excluding carboxylic acids is 1. The summed E-state index contributed by atoms with van der Waals surface area (Å²) < 4.78 is 23.9. The van der Waals surface area contributed by atoms with Crippen LogP contribution < -0.4 is 10.2 Å². The second-order valence-electron chi connectivity index (χ2n) is 8.35. The van der Waals surface area contributed by atoms with Gasteiger partial charge in [0.2, 0.25) is 5.82 Å². The topological polar surface area (TPSA) is 92.3 Å². The lowest BCUT2D eigenvalue weighted by molar-refractivity contribution is 0.0936. The molecule has 1 aromatic carbocycles. The number of nitrogens with zero attached hydrogens (tertiary/aromatic N) is 3. The highest BCUT2D eigenvalue weighted by molar-refractivity contribution is 7.95. The van der Waals surface area contributed by atoms with Crippen molar-refractivity contribution in [3.8, 4) is 0 Å². The zero-order valence-electron chi connectivity index (χ0n) is 17.9. The van der Waals surface area contributed by atoms with Gasteiger partial charge in [0.25, 0.3) is 5.91 Å². The number of sulfone groups is 1. The van der Waals surface area contributed by atoms with Crippen molar-refractivity contribution in [2.75, 3.05) is 11.4 Å². The van der Waals surface area contributed by atoms with Gasteiger partial charge in [-0.3, -0.25) is 4.79 Å². The minimum Gasteiger partial charge on any atom is -0.362 e. The van der Waals surface area contributed by atoms with Crippen LogP contribution in [-0.2, 0) is 9.84 Å². The molecule has 1 amide bonds. The van der Waals surface area contributed by atoms with E-state index in [0.717, 1.165) is 37.9 Å². The first-order valence-electron chi connectivity index (χ1n) is 10.7. The molecule has 2 aromatic rings. The maximum atomic E-state index is 12.5. The van der Waals surface area contributed by atoms with Crippen LogP contribution in [0.3, 0.4) is 0 Å². The number of amides is 1. The Balaban J connectivity index is 1.41. The molecule has 1 aromatic heterocycles.